The van der Waals surface area contributed by atoms with Crippen molar-refractivity contribution < 1.29 is 9.53 Å². The normalized spacial score (nSPS) is 14.0. The Balaban J connectivity index is 1.87. The number of benzene rings is 1. The number of fused-ring (bicyclic) bond motifs is 1. The van der Waals surface area contributed by atoms with Gasteiger partial charge in [-0.3, -0.25) is 9.36 Å². The first kappa shape index (κ1) is 19.6. The Morgan fingerprint density at radius 2 is 2.00 bits per heavy atom. The summed E-state index contributed by atoms with van der Waals surface area (Å²) in [5, 5.41) is 0. The van der Waals surface area contributed by atoms with Gasteiger partial charge >= 0.3 is 6.09 Å². The highest BCUT2D eigenvalue weighted by atomic mass is 79.9. The minimum absolute atomic E-state index is 0.0305. The first-order valence-electron chi connectivity index (χ1n) is 8.96. The van der Waals surface area contributed by atoms with Crippen molar-refractivity contribution in [2.45, 2.75) is 52.8 Å². The van der Waals surface area contributed by atoms with E-state index in [9.17, 15) is 9.59 Å². The molecule has 0 bridgehead atoms. The summed E-state index contributed by atoms with van der Waals surface area (Å²) in [6.45, 7) is 8.56. The van der Waals surface area contributed by atoms with Crippen LogP contribution in [0.5, 0.6) is 0 Å². The average Bonchev–Trinajstić information content (AvgIpc) is 2.58. The minimum Gasteiger partial charge on any atom is -0.444 e. The van der Waals surface area contributed by atoms with Crippen molar-refractivity contribution in [2.24, 2.45) is 0 Å². The Labute approximate surface area is 167 Å². The van der Waals surface area contributed by atoms with Crippen molar-refractivity contribution in [1.29, 1.82) is 0 Å². The van der Waals surface area contributed by atoms with E-state index in [1.54, 1.807) is 9.47 Å². The zero-order chi connectivity index (χ0) is 19.8. The third-order valence-electron chi connectivity index (χ3n) is 4.45. The standard InChI is InChI=1S/C20H24BrN3O3/c1-13-22-17-12-23(19(26)27-20(2,3)4)10-9-15(17)18(25)24(13)11-14-7-5-6-8-16(14)21/h5-8H,9-12H2,1-4H3. The molecule has 1 aliphatic heterocycles. The second-order valence-electron chi connectivity index (χ2n) is 7.72. The van der Waals surface area contributed by atoms with Crippen LogP contribution < -0.4 is 5.56 Å². The van der Waals surface area contributed by atoms with E-state index in [1.165, 1.54) is 0 Å². The highest BCUT2D eigenvalue weighted by molar-refractivity contribution is 9.10. The smallest absolute Gasteiger partial charge is 0.410 e. The lowest BCUT2D eigenvalue weighted by atomic mass is 10.1. The van der Waals surface area contributed by atoms with Gasteiger partial charge in [0.2, 0.25) is 0 Å². The highest BCUT2D eigenvalue weighted by Crippen LogP contribution is 2.20. The van der Waals surface area contributed by atoms with Crippen molar-refractivity contribution in [3.8, 4) is 0 Å². The third kappa shape index (κ3) is 4.40. The Bertz CT molecular complexity index is 931. The largest absolute Gasteiger partial charge is 0.444 e. The van der Waals surface area contributed by atoms with E-state index in [2.05, 4.69) is 20.9 Å². The van der Waals surface area contributed by atoms with Crippen LogP contribution in [0, 0.1) is 6.92 Å². The molecule has 0 radical (unpaired) electrons. The van der Waals surface area contributed by atoms with E-state index >= 15 is 0 Å². The lowest BCUT2D eigenvalue weighted by Gasteiger charge is -2.31. The number of rotatable bonds is 2. The zero-order valence-corrected chi connectivity index (χ0v) is 17.7. The molecule has 3 rings (SSSR count). The van der Waals surface area contributed by atoms with Gasteiger partial charge in [0, 0.05) is 16.6 Å². The Hall–Kier alpha value is -2.15. The second kappa shape index (κ2) is 7.46. The van der Waals surface area contributed by atoms with Crippen LogP contribution in [0.3, 0.4) is 0 Å². The van der Waals surface area contributed by atoms with Crippen molar-refractivity contribution >= 4 is 22.0 Å². The number of ether oxygens (including phenoxy) is 1. The highest BCUT2D eigenvalue weighted by Gasteiger charge is 2.28. The zero-order valence-electron chi connectivity index (χ0n) is 16.1. The number of aryl methyl sites for hydroxylation is 1. The van der Waals surface area contributed by atoms with Crippen LogP contribution in [-0.4, -0.2) is 32.7 Å². The monoisotopic (exact) mass is 433 g/mol. The molecule has 6 nitrogen and oxygen atoms in total. The predicted octanol–water partition coefficient (Wildman–Crippen LogP) is 3.66. The second-order valence-corrected chi connectivity index (χ2v) is 8.57. The maximum atomic E-state index is 13.0. The quantitative estimate of drug-likeness (QED) is 0.724. The first-order valence-corrected chi connectivity index (χ1v) is 9.75. The van der Waals surface area contributed by atoms with Gasteiger partial charge in [0.05, 0.1) is 18.8 Å². The molecule has 1 amide bonds. The van der Waals surface area contributed by atoms with E-state index in [0.717, 1.165) is 10.0 Å². The van der Waals surface area contributed by atoms with Gasteiger partial charge in [0.15, 0.2) is 0 Å². The molecule has 1 aromatic carbocycles. The van der Waals surface area contributed by atoms with E-state index in [1.807, 2.05) is 52.0 Å². The molecule has 0 fully saturated rings. The predicted molar refractivity (Wildman–Crippen MR) is 107 cm³/mol. The van der Waals surface area contributed by atoms with Gasteiger partial charge in [-0.05, 0) is 45.7 Å². The fourth-order valence-electron chi connectivity index (χ4n) is 3.11. The van der Waals surface area contributed by atoms with Crippen LogP contribution >= 0.6 is 15.9 Å². The molecule has 1 aliphatic rings. The topological polar surface area (TPSA) is 64.4 Å². The molecule has 0 atom stereocenters. The first-order chi connectivity index (χ1) is 12.7. The summed E-state index contributed by atoms with van der Waals surface area (Å²) in [5.74, 6) is 0.639. The fraction of sp³-hybridized carbons (Fsp3) is 0.450. The van der Waals surface area contributed by atoms with Crippen LogP contribution in [0.15, 0.2) is 33.5 Å². The van der Waals surface area contributed by atoms with Crippen molar-refractivity contribution in [3.05, 3.63) is 61.7 Å². The molecule has 1 aromatic heterocycles. The maximum Gasteiger partial charge on any atom is 0.410 e. The SMILES string of the molecule is Cc1nc2c(c(=O)n1Cc1ccccc1Br)CCN(C(=O)OC(C)(C)C)C2. The Morgan fingerprint density at radius 1 is 1.30 bits per heavy atom. The molecule has 0 saturated heterocycles. The number of carbonyl (C=O) groups is 1. The summed E-state index contributed by atoms with van der Waals surface area (Å²) < 4.78 is 8.10. The summed E-state index contributed by atoms with van der Waals surface area (Å²) in [5.41, 5.74) is 1.80. The molecular formula is C20H24BrN3O3. The summed E-state index contributed by atoms with van der Waals surface area (Å²) >= 11 is 3.53. The van der Waals surface area contributed by atoms with Gasteiger partial charge in [-0.15, -0.1) is 0 Å². The number of amides is 1. The lowest BCUT2D eigenvalue weighted by molar-refractivity contribution is 0.0220. The number of aromatic nitrogens is 2. The molecular weight excluding hydrogens is 410 g/mol. The minimum atomic E-state index is -0.548. The van der Waals surface area contributed by atoms with Gasteiger partial charge in [-0.1, -0.05) is 34.1 Å². The summed E-state index contributed by atoms with van der Waals surface area (Å²) in [6.07, 6.45) is 0.112. The van der Waals surface area contributed by atoms with Crippen LogP contribution in [0.2, 0.25) is 0 Å². The molecule has 0 unspecified atom stereocenters. The van der Waals surface area contributed by atoms with Crippen molar-refractivity contribution in [3.63, 3.8) is 0 Å². The van der Waals surface area contributed by atoms with Crippen LogP contribution in [-0.2, 0) is 24.2 Å². The third-order valence-corrected chi connectivity index (χ3v) is 5.22. The average molecular weight is 434 g/mol. The van der Waals surface area contributed by atoms with Gasteiger partial charge < -0.3 is 9.64 Å². The molecule has 0 N–H and O–H groups in total. The number of hydrogen-bond donors (Lipinski definition) is 0. The summed E-state index contributed by atoms with van der Waals surface area (Å²) in [4.78, 5) is 31.6. The molecule has 0 aliphatic carbocycles. The van der Waals surface area contributed by atoms with Gasteiger partial charge in [0.1, 0.15) is 11.4 Å². The molecule has 0 spiro atoms. The molecule has 2 heterocycles. The Kier molecular flexibility index (Phi) is 5.42. The number of nitrogens with zero attached hydrogens (tertiary/aromatic N) is 3. The summed E-state index contributed by atoms with van der Waals surface area (Å²) in [6, 6.07) is 7.84. The van der Waals surface area contributed by atoms with Crippen LogP contribution in [0.25, 0.3) is 0 Å². The molecule has 2 aromatic rings. The van der Waals surface area contributed by atoms with Gasteiger partial charge in [-0.2, -0.15) is 0 Å². The number of carbonyl (C=O) groups excluding carboxylic acids is 1. The van der Waals surface area contributed by atoms with Crippen molar-refractivity contribution in [2.75, 3.05) is 6.54 Å². The maximum absolute atomic E-state index is 13.0. The summed E-state index contributed by atoms with van der Waals surface area (Å²) in [7, 11) is 0. The van der Waals surface area contributed by atoms with E-state index in [-0.39, 0.29) is 11.7 Å². The number of hydrogen-bond acceptors (Lipinski definition) is 4. The van der Waals surface area contributed by atoms with Gasteiger partial charge in [-0.25, -0.2) is 9.78 Å². The molecule has 0 saturated carbocycles. The van der Waals surface area contributed by atoms with E-state index in [4.69, 9.17) is 4.74 Å². The Morgan fingerprint density at radius 3 is 2.67 bits per heavy atom. The van der Waals surface area contributed by atoms with Gasteiger partial charge in [0.25, 0.3) is 5.56 Å². The van der Waals surface area contributed by atoms with Crippen LogP contribution in [0.4, 0.5) is 4.79 Å². The number of halogens is 1. The molecule has 27 heavy (non-hydrogen) atoms. The lowest BCUT2D eigenvalue weighted by Crippen LogP contribution is -2.43. The fourth-order valence-corrected chi connectivity index (χ4v) is 3.52. The van der Waals surface area contributed by atoms with Crippen molar-refractivity contribution in [1.82, 2.24) is 14.5 Å². The molecule has 144 valence electrons. The van der Waals surface area contributed by atoms with E-state index < -0.39 is 5.60 Å². The van der Waals surface area contributed by atoms with E-state index in [0.29, 0.717) is 43.1 Å². The van der Waals surface area contributed by atoms with Crippen LogP contribution in [0.1, 0.15) is 43.4 Å². The molecule has 7 heteroatoms.